The molecule has 29 heavy (non-hydrogen) atoms. The van der Waals surface area contributed by atoms with E-state index in [1.54, 1.807) is 0 Å². The van der Waals surface area contributed by atoms with Gasteiger partial charge in [-0.1, -0.05) is 13.0 Å². The molecule has 3 heterocycles. The lowest BCUT2D eigenvalue weighted by molar-refractivity contribution is -0.122. The second-order valence-electron chi connectivity index (χ2n) is 8.51. The lowest BCUT2D eigenvalue weighted by atomic mass is 9.74. The number of amides is 1. The van der Waals surface area contributed by atoms with Crippen LogP contribution in [-0.4, -0.2) is 45.5 Å². The van der Waals surface area contributed by atoms with Gasteiger partial charge in [-0.25, -0.2) is 0 Å². The fourth-order valence-electron chi connectivity index (χ4n) is 4.77. The van der Waals surface area contributed by atoms with Crippen LogP contribution in [0.15, 0.2) is 18.2 Å². The van der Waals surface area contributed by atoms with Crippen molar-refractivity contribution in [3.63, 3.8) is 0 Å². The number of hydrogen-bond donors (Lipinski definition) is 2. The van der Waals surface area contributed by atoms with Crippen molar-refractivity contribution in [2.24, 2.45) is 11.8 Å². The van der Waals surface area contributed by atoms with E-state index in [1.165, 1.54) is 18.4 Å². The molecule has 162 valence electrons. The molecule has 4 rings (SSSR count). The molecule has 1 aromatic carbocycles. The molecule has 2 N–H and O–H groups in total. The molecule has 2 fully saturated rings. The molecule has 3 aliphatic rings. The molecule has 0 spiro atoms. The lowest BCUT2D eigenvalue weighted by Gasteiger charge is -2.38. The molecule has 0 aromatic heterocycles. The number of hydrogen-bond acceptors (Lipinski definition) is 5. The average molecular weight is 425 g/mol. The van der Waals surface area contributed by atoms with Crippen molar-refractivity contribution in [1.29, 1.82) is 0 Å². The Morgan fingerprint density at radius 1 is 1.21 bits per heavy atom. The van der Waals surface area contributed by atoms with Crippen LogP contribution < -0.4 is 20.1 Å². The van der Waals surface area contributed by atoms with E-state index < -0.39 is 0 Å². The molecular formula is C22H33ClN2O4. The van der Waals surface area contributed by atoms with E-state index in [0.717, 1.165) is 50.6 Å². The summed E-state index contributed by atoms with van der Waals surface area (Å²) in [6.45, 7) is 6.73. The van der Waals surface area contributed by atoms with E-state index in [4.69, 9.17) is 14.2 Å². The molecule has 7 heteroatoms. The SMILES string of the molecule is CC(CC(=O)NCC1(c2ccc3c(c2)OCO3)CCOCC1)C1CCNCC1.Cl. The largest absolute Gasteiger partial charge is 0.454 e. The Morgan fingerprint density at radius 2 is 1.93 bits per heavy atom. The molecule has 6 nitrogen and oxygen atoms in total. The summed E-state index contributed by atoms with van der Waals surface area (Å²) in [5.74, 6) is 2.84. The fourth-order valence-corrected chi connectivity index (χ4v) is 4.77. The van der Waals surface area contributed by atoms with Gasteiger partial charge < -0.3 is 24.8 Å². The van der Waals surface area contributed by atoms with Crippen LogP contribution in [0.2, 0.25) is 0 Å². The third kappa shape index (κ3) is 5.16. The van der Waals surface area contributed by atoms with Crippen LogP contribution in [0.4, 0.5) is 0 Å². The zero-order chi connectivity index (χ0) is 19.4. The highest BCUT2D eigenvalue weighted by molar-refractivity contribution is 5.85. The standard InChI is InChI=1S/C22H32N2O4.ClH/c1-16(17-4-8-23-9-5-17)12-21(25)24-14-22(6-10-26-11-7-22)18-2-3-19-20(13-18)28-15-27-19;/h2-3,13,16-17,23H,4-12,14-15H2,1H3,(H,24,25);1H. The van der Waals surface area contributed by atoms with Gasteiger partial charge in [0.05, 0.1) is 0 Å². The smallest absolute Gasteiger partial charge is 0.231 e. The summed E-state index contributed by atoms with van der Waals surface area (Å²) >= 11 is 0. The summed E-state index contributed by atoms with van der Waals surface area (Å²) in [6.07, 6.45) is 4.76. The van der Waals surface area contributed by atoms with Gasteiger partial charge >= 0.3 is 0 Å². The van der Waals surface area contributed by atoms with Gasteiger partial charge in [0.2, 0.25) is 12.7 Å². The van der Waals surface area contributed by atoms with Crippen molar-refractivity contribution >= 4 is 18.3 Å². The number of ether oxygens (including phenoxy) is 3. The Bertz CT molecular complexity index is 687. The molecule has 1 aromatic rings. The predicted molar refractivity (Wildman–Crippen MR) is 114 cm³/mol. The van der Waals surface area contributed by atoms with Crippen LogP contribution in [0.25, 0.3) is 0 Å². The van der Waals surface area contributed by atoms with E-state index in [-0.39, 0.29) is 30.5 Å². The Labute approximate surface area is 179 Å². The van der Waals surface area contributed by atoms with Crippen molar-refractivity contribution in [2.45, 2.75) is 44.4 Å². The Balaban J connectivity index is 0.00000240. The van der Waals surface area contributed by atoms with Crippen LogP contribution in [0, 0.1) is 11.8 Å². The first-order valence-corrected chi connectivity index (χ1v) is 10.6. The van der Waals surface area contributed by atoms with Gasteiger partial charge in [0, 0.05) is 31.6 Å². The Kier molecular flexibility index (Phi) is 7.66. The summed E-state index contributed by atoms with van der Waals surface area (Å²) in [5.41, 5.74) is 1.10. The normalized spacial score (nSPS) is 21.8. The highest BCUT2D eigenvalue weighted by Gasteiger charge is 2.36. The van der Waals surface area contributed by atoms with E-state index in [0.29, 0.717) is 24.8 Å². The van der Waals surface area contributed by atoms with Gasteiger partial charge in [-0.05, 0) is 68.3 Å². The monoisotopic (exact) mass is 424 g/mol. The van der Waals surface area contributed by atoms with Crippen LogP contribution in [0.3, 0.4) is 0 Å². The lowest BCUT2D eigenvalue weighted by Crippen LogP contribution is -2.45. The number of fused-ring (bicyclic) bond motifs is 1. The number of piperidine rings is 1. The third-order valence-corrected chi connectivity index (χ3v) is 6.75. The molecule has 1 unspecified atom stereocenters. The summed E-state index contributed by atoms with van der Waals surface area (Å²) < 4.78 is 16.6. The maximum atomic E-state index is 12.7. The zero-order valence-corrected chi connectivity index (χ0v) is 18.0. The number of nitrogens with one attached hydrogen (secondary N) is 2. The molecule has 2 saturated heterocycles. The van der Waals surface area contributed by atoms with Gasteiger partial charge in [-0.15, -0.1) is 12.4 Å². The first-order chi connectivity index (χ1) is 13.7. The molecule has 3 aliphatic heterocycles. The number of carbonyl (C=O) groups excluding carboxylic acids is 1. The van der Waals surface area contributed by atoms with E-state index in [9.17, 15) is 4.79 Å². The maximum Gasteiger partial charge on any atom is 0.231 e. The number of rotatable bonds is 6. The summed E-state index contributed by atoms with van der Waals surface area (Å²) in [4.78, 5) is 12.7. The van der Waals surface area contributed by atoms with Gasteiger partial charge in [-0.2, -0.15) is 0 Å². The minimum Gasteiger partial charge on any atom is -0.454 e. The van der Waals surface area contributed by atoms with Crippen LogP contribution >= 0.6 is 12.4 Å². The highest BCUT2D eigenvalue weighted by Crippen LogP contribution is 2.40. The van der Waals surface area contributed by atoms with Crippen LogP contribution in [-0.2, 0) is 14.9 Å². The Morgan fingerprint density at radius 3 is 2.69 bits per heavy atom. The quantitative estimate of drug-likeness (QED) is 0.734. The summed E-state index contributed by atoms with van der Waals surface area (Å²) in [5, 5.41) is 6.65. The topological polar surface area (TPSA) is 68.8 Å². The third-order valence-electron chi connectivity index (χ3n) is 6.75. The van der Waals surface area contributed by atoms with E-state index >= 15 is 0 Å². The zero-order valence-electron chi connectivity index (χ0n) is 17.2. The highest BCUT2D eigenvalue weighted by atomic mass is 35.5. The second-order valence-corrected chi connectivity index (χ2v) is 8.51. The second kappa shape index (κ2) is 10.0. The molecular weight excluding hydrogens is 392 g/mol. The van der Waals surface area contributed by atoms with Gasteiger partial charge in [0.1, 0.15) is 0 Å². The van der Waals surface area contributed by atoms with Gasteiger partial charge in [0.25, 0.3) is 0 Å². The number of benzene rings is 1. The van der Waals surface area contributed by atoms with Crippen LogP contribution in [0.1, 0.15) is 44.6 Å². The number of carbonyl (C=O) groups is 1. The van der Waals surface area contributed by atoms with Crippen molar-refractivity contribution in [3.05, 3.63) is 23.8 Å². The van der Waals surface area contributed by atoms with Gasteiger partial charge in [-0.3, -0.25) is 4.79 Å². The molecule has 0 aliphatic carbocycles. The Hall–Kier alpha value is -1.50. The van der Waals surface area contributed by atoms with Gasteiger partial charge in [0.15, 0.2) is 11.5 Å². The van der Waals surface area contributed by atoms with Crippen molar-refractivity contribution in [1.82, 2.24) is 10.6 Å². The first kappa shape index (κ1) is 22.2. The minimum atomic E-state index is -0.104. The maximum absolute atomic E-state index is 12.7. The first-order valence-electron chi connectivity index (χ1n) is 10.6. The molecule has 0 bridgehead atoms. The molecule has 1 amide bonds. The molecule has 1 atom stereocenters. The molecule has 0 radical (unpaired) electrons. The summed E-state index contributed by atoms with van der Waals surface area (Å²) in [7, 11) is 0. The fraction of sp³-hybridized carbons (Fsp3) is 0.682. The van der Waals surface area contributed by atoms with Crippen molar-refractivity contribution < 1.29 is 19.0 Å². The van der Waals surface area contributed by atoms with E-state index in [2.05, 4.69) is 29.7 Å². The summed E-state index contributed by atoms with van der Waals surface area (Å²) in [6, 6.07) is 6.18. The van der Waals surface area contributed by atoms with Crippen LogP contribution in [0.5, 0.6) is 11.5 Å². The van der Waals surface area contributed by atoms with Crippen molar-refractivity contribution in [2.75, 3.05) is 39.6 Å². The minimum absolute atomic E-state index is 0. The number of halogens is 1. The molecule has 0 saturated carbocycles. The average Bonchev–Trinajstić information content (AvgIpc) is 3.21. The van der Waals surface area contributed by atoms with E-state index in [1.807, 2.05) is 6.07 Å². The van der Waals surface area contributed by atoms with Crippen molar-refractivity contribution in [3.8, 4) is 11.5 Å². The predicted octanol–water partition coefficient (Wildman–Crippen LogP) is 3.03.